The van der Waals surface area contributed by atoms with Crippen LogP contribution in [-0.2, 0) is 0 Å². The number of nitrogens with zero attached hydrogens (tertiary/aromatic N) is 2. The lowest BCUT2D eigenvalue weighted by Crippen LogP contribution is -2.23. The maximum absolute atomic E-state index is 5.62. The number of nitrogens with one attached hydrogen (secondary N) is 1. The summed E-state index contributed by atoms with van der Waals surface area (Å²) < 4.78 is 5.35. The highest BCUT2D eigenvalue weighted by Gasteiger charge is 2.14. The van der Waals surface area contributed by atoms with E-state index in [9.17, 15) is 0 Å². The number of hydrogen-bond acceptors (Lipinski definition) is 5. The Hall–Kier alpha value is -1.10. The summed E-state index contributed by atoms with van der Waals surface area (Å²) in [6.07, 6.45) is 1.11. The molecular weight excluding hydrogens is 192 g/mol. The second-order valence-electron chi connectivity index (χ2n) is 4.05. The van der Waals surface area contributed by atoms with Gasteiger partial charge in [0.1, 0.15) is 0 Å². The summed E-state index contributed by atoms with van der Waals surface area (Å²) in [5, 5.41) is 10.9. The molecule has 1 heterocycles. The lowest BCUT2D eigenvalue weighted by atomic mass is 10.0. The Labute approximate surface area is 90.4 Å². The van der Waals surface area contributed by atoms with E-state index in [0.29, 0.717) is 23.9 Å². The van der Waals surface area contributed by atoms with E-state index in [4.69, 9.17) is 10.2 Å². The van der Waals surface area contributed by atoms with Crippen molar-refractivity contribution in [3.63, 3.8) is 0 Å². The van der Waals surface area contributed by atoms with Gasteiger partial charge in [0.15, 0.2) is 0 Å². The Morgan fingerprint density at radius 2 is 2.00 bits per heavy atom. The molecule has 1 aromatic rings. The average Bonchev–Trinajstić information content (AvgIpc) is 2.65. The zero-order chi connectivity index (χ0) is 11.4. The van der Waals surface area contributed by atoms with Crippen molar-refractivity contribution < 1.29 is 4.42 Å². The van der Waals surface area contributed by atoms with Crippen LogP contribution in [-0.4, -0.2) is 16.2 Å². The predicted octanol–water partition coefficient (Wildman–Crippen LogP) is 1.94. The molecule has 0 radical (unpaired) electrons. The number of rotatable bonds is 5. The molecule has 86 valence electrons. The first-order valence-electron chi connectivity index (χ1n) is 5.40. The van der Waals surface area contributed by atoms with Crippen LogP contribution in [0.15, 0.2) is 4.42 Å². The van der Waals surface area contributed by atoms with Crippen LogP contribution < -0.4 is 11.1 Å². The van der Waals surface area contributed by atoms with Crippen molar-refractivity contribution in [1.29, 1.82) is 0 Å². The molecule has 0 fully saturated rings. The van der Waals surface area contributed by atoms with Gasteiger partial charge in [0, 0.05) is 6.04 Å². The fraction of sp³-hybridized carbons (Fsp3) is 0.800. The molecule has 0 aliphatic heterocycles. The molecule has 0 amide bonds. The Morgan fingerprint density at radius 1 is 1.33 bits per heavy atom. The predicted molar refractivity (Wildman–Crippen MR) is 59.4 cm³/mol. The molecule has 1 aromatic heterocycles. The van der Waals surface area contributed by atoms with Crippen LogP contribution in [0.5, 0.6) is 0 Å². The standard InChI is InChI=1S/C10H20N4O/c1-5-6(2)8(4)12-10-14-13-9(15-10)7(3)11/h6-8H,5,11H2,1-4H3,(H,12,14). The molecule has 0 spiro atoms. The molecule has 5 heteroatoms. The summed E-state index contributed by atoms with van der Waals surface area (Å²) in [7, 11) is 0. The second-order valence-corrected chi connectivity index (χ2v) is 4.05. The molecule has 1 rings (SSSR count). The molecule has 0 aliphatic rings. The number of nitrogens with two attached hydrogens (primary N) is 1. The largest absolute Gasteiger partial charge is 0.406 e. The van der Waals surface area contributed by atoms with Crippen molar-refractivity contribution in [2.75, 3.05) is 5.32 Å². The van der Waals surface area contributed by atoms with Gasteiger partial charge >= 0.3 is 6.01 Å². The summed E-state index contributed by atoms with van der Waals surface area (Å²) in [6.45, 7) is 8.25. The summed E-state index contributed by atoms with van der Waals surface area (Å²) >= 11 is 0. The van der Waals surface area contributed by atoms with Crippen LogP contribution in [0.3, 0.4) is 0 Å². The van der Waals surface area contributed by atoms with E-state index in [-0.39, 0.29) is 6.04 Å². The van der Waals surface area contributed by atoms with Gasteiger partial charge in [0.2, 0.25) is 5.89 Å². The second kappa shape index (κ2) is 5.11. The van der Waals surface area contributed by atoms with Gasteiger partial charge in [-0.25, -0.2) is 0 Å². The Balaban J connectivity index is 2.57. The zero-order valence-electron chi connectivity index (χ0n) is 9.82. The minimum Gasteiger partial charge on any atom is -0.406 e. The maximum atomic E-state index is 5.62. The van der Waals surface area contributed by atoms with Crippen LogP contribution >= 0.6 is 0 Å². The molecule has 3 unspecified atom stereocenters. The van der Waals surface area contributed by atoms with Crippen molar-refractivity contribution in [2.45, 2.75) is 46.2 Å². The van der Waals surface area contributed by atoms with Crippen molar-refractivity contribution in [3.8, 4) is 0 Å². The smallest absolute Gasteiger partial charge is 0.315 e. The average molecular weight is 212 g/mol. The van der Waals surface area contributed by atoms with Crippen molar-refractivity contribution in [1.82, 2.24) is 10.2 Å². The third kappa shape index (κ3) is 3.20. The fourth-order valence-corrected chi connectivity index (χ4v) is 1.17. The van der Waals surface area contributed by atoms with Gasteiger partial charge < -0.3 is 15.5 Å². The van der Waals surface area contributed by atoms with Crippen molar-refractivity contribution >= 4 is 6.01 Å². The lowest BCUT2D eigenvalue weighted by molar-refractivity contribution is 0.446. The van der Waals surface area contributed by atoms with Gasteiger partial charge in [0.25, 0.3) is 0 Å². The Bertz CT molecular complexity index is 297. The van der Waals surface area contributed by atoms with Gasteiger partial charge in [0.05, 0.1) is 6.04 Å². The molecule has 3 N–H and O–H groups in total. The molecular formula is C10H20N4O. The molecule has 5 nitrogen and oxygen atoms in total. The zero-order valence-corrected chi connectivity index (χ0v) is 9.82. The third-order valence-corrected chi connectivity index (χ3v) is 2.68. The molecule has 0 aliphatic carbocycles. The highest BCUT2D eigenvalue weighted by molar-refractivity contribution is 5.19. The van der Waals surface area contributed by atoms with Gasteiger partial charge in [-0.3, -0.25) is 0 Å². The first-order valence-corrected chi connectivity index (χ1v) is 5.40. The van der Waals surface area contributed by atoms with Crippen LogP contribution in [0.2, 0.25) is 0 Å². The topological polar surface area (TPSA) is 77.0 Å². The molecule has 0 bridgehead atoms. The summed E-state index contributed by atoms with van der Waals surface area (Å²) in [5.74, 6) is 1.03. The minimum atomic E-state index is -0.216. The maximum Gasteiger partial charge on any atom is 0.315 e. The van der Waals surface area contributed by atoms with E-state index in [1.807, 2.05) is 6.92 Å². The first-order chi connectivity index (χ1) is 7.04. The van der Waals surface area contributed by atoms with Crippen LogP contribution in [0, 0.1) is 5.92 Å². The van der Waals surface area contributed by atoms with Crippen LogP contribution in [0.1, 0.15) is 46.0 Å². The third-order valence-electron chi connectivity index (χ3n) is 2.68. The van der Waals surface area contributed by atoms with Crippen LogP contribution in [0.4, 0.5) is 6.01 Å². The molecule has 0 saturated heterocycles. The SMILES string of the molecule is CCC(C)C(C)Nc1nnc(C(C)N)o1. The quantitative estimate of drug-likeness (QED) is 0.780. The monoisotopic (exact) mass is 212 g/mol. The normalized spacial score (nSPS) is 17.1. The molecule has 0 saturated carbocycles. The van der Waals surface area contributed by atoms with Gasteiger partial charge in [-0.05, 0) is 19.8 Å². The summed E-state index contributed by atoms with van der Waals surface area (Å²) in [6, 6.07) is 0.554. The Morgan fingerprint density at radius 3 is 2.47 bits per heavy atom. The highest BCUT2D eigenvalue weighted by Crippen LogP contribution is 2.15. The number of hydrogen-bond donors (Lipinski definition) is 2. The van der Waals surface area contributed by atoms with Crippen LogP contribution in [0.25, 0.3) is 0 Å². The number of anilines is 1. The minimum absolute atomic E-state index is 0.216. The van der Waals surface area contributed by atoms with E-state index < -0.39 is 0 Å². The summed E-state index contributed by atoms with van der Waals surface area (Å²) in [4.78, 5) is 0. The van der Waals surface area contributed by atoms with Gasteiger partial charge in [-0.1, -0.05) is 25.4 Å². The molecule has 0 aromatic carbocycles. The lowest BCUT2D eigenvalue weighted by Gasteiger charge is -2.17. The van der Waals surface area contributed by atoms with E-state index in [0.717, 1.165) is 6.42 Å². The Kier molecular flexibility index (Phi) is 4.08. The molecule has 15 heavy (non-hydrogen) atoms. The van der Waals surface area contributed by atoms with Gasteiger partial charge in [-0.15, -0.1) is 5.10 Å². The van der Waals surface area contributed by atoms with E-state index in [1.165, 1.54) is 0 Å². The van der Waals surface area contributed by atoms with Crippen molar-refractivity contribution in [3.05, 3.63) is 5.89 Å². The highest BCUT2D eigenvalue weighted by atomic mass is 16.4. The van der Waals surface area contributed by atoms with E-state index >= 15 is 0 Å². The number of aromatic nitrogens is 2. The van der Waals surface area contributed by atoms with E-state index in [2.05, 4.69) is 36.3 Å². The first kappa shape index (κ1) is 12.0. The van der Waals surface area contributed by atoms with Crippen molar-refractivity contribution in [2.24, 2.45) is 11.7 Å². The van der Waals surface area contributed by atoms with E-state index in [1.54, 1.807) is 0 Å². The van der Waals surface area contributed by atoms with Gasteiger partial charge in [-0.2, -0.15) is 0 Å². The summed E-state index contributed by atoms with van der Waals surface area (Å²) in [5.41, 5.74) is 5.62. The fourth-order valence-electron chi connectivity index (χ4n) is 1.17. The molecule has 3 atom stereocenters.